The average molecular weight is 709 g/mol. The van der Waals surface area contributed by atoms with E-state index in [9.17, 15) is 4.39 Å². The van der Waals surface area contributed by atoms with Crippen molar-refractivity contribution in [2.75, 3.05) is 53.9 Å². The second-order valence-corrected chi connectivity index (χ2v) is 11.4. The van der Waals surface area contributed by atoms with Gasteiger partial charge in [-0.15, -0.1) is 0 Å². The quantitative estimate of drug-likeness (QED) is 0.125. The monoisotopic (exact) mass is 708 g/mol. The maximum Gasteiger partial charge on any atom is 0.167 e. The Labute approximate surface area is 265 Å². The molecule has 1 aromatic heterocycles. The molecule has 4 aromatic rings. The summed E-state index contributed by atoms with van der Waals surface area (Å²) in [6.07, 6.45) is 1.62. The van der Waals surface area contributed by atoms with Gasteiger partial charge >= 0.3 is 0 Å². The minimum atomic E-state index is -0.853. The van der Waals surface area contributed by atoms with Crippen LogP contribution in [0.5, 0.6) is 11.5 Å². The van der Waals surface area contributed by atoms with E-state index in [2.05, 4.69) is 21.8 Å². The third-order valence-corrected chi connectivity index (χ3v) is 7.36. The number of quaternary nitrogens is 1. The van der Waals surface area contributed by atoms with E-state index in [0.29, 0.717) is 39.1 Å². The molecule has 0 amide bonds. The summed E-state index contributed by atoms with van der Waals surface area (Å²) < 4.78 is 56.1. The van der Waals surface area contributed by atoms with Crippen LogP contribution in [0, 0.1) is 29.3 Å². The first kappa shape index (κ1) is 33.2. The van der Waals surface area contributed by atoms with Crippen LogP contribution in [0.4, 0.5) is 24.7 Å². The normalized spacial score (nSPS) is 11.6. The van der Waals surface area contributed by atoms with Gasteiger partial charge in [0.05, 0.1) is 46.8 Å². The largest absolute Gasteiger partial charge is 1.00 e. The molecule has 0 saturated carbocycles. The van der Waals surface area contributed by atoms with Crippen molar-refractivity contribution in [3.63, 3.8) is 0 Å². The lowest BCUT2D eigenvalue weighted by Crippen LogP contribution is -3.00. The second-order valence-electron chi connectivity index (χ2n) is 10.3. The summed E-state index contributed by atoms with van der Waals surface area (Å²) >= 11 is 1.12. The van der Waals surface area contributed by atoms with Crippen molar-refractivity contribution in [3.05, 3.63) is 94.9 Å². The highest BCUT2D eigenvalue weighted by atomic mass is 127. The average Bonchev–Trinajstić information content (AvgIpc) is 3.39. The number of benzene rings is 3. The number of methoxy groups -OCH3 is 2. The summed E-state index contributed by atoms with van der Waals surface area (Å²) in [6.45, 7) is 0.525. The number of rotatable bonds is 9. The maximum atomic E-state index is 15.5. The number of hydrogen-bond acceptors (Lipinski definition) is 5. The van der Waals surface area contributed by atoms with Gasteiger partial charge in [0.1, 0.15) is 29.8 Å². The van der Waals surface area contributed by atoms with Crippen molar-refractivity contribution in [1.82, 2.24) is 9.97 Å². The number of imidazole rings is 1. The Kier molecular flexibility index (Phi) is 11.2. The lowest BCUT2D eigenvalue weighted by Gasteiger charge is -2.20. The van der Waals surface area contributed by atoms with E-state index < -0.39 is 22.7 Å². The van der Waals surface area contributed by atoms with Gasteiger partial charge in [0.2, 0.25) is 0 Å². The maximum absolute atomic E-state index is 15.5. The van der Waals surface area contributed by atoms with Gasteiger partial charge in [-0.1, -0.05) is 29.8 Å². The van der Waals surface area contributed by atoms with Crippen LogP contribution >= 0.6 is 11.8 Å². The fraction of sp³-hybridized carbons (Fsp3) is 0.258. The predicted octanol–water partition coefficient (Wildman–Crippen LogP) is 3.56. The van der Waals surface area contributed by atoms with E-state index in [0.717, 1.165) is 17.4 Å². The Balaban J connectivity index is 0.00000484. The third kappa shape index (κ3) is 8.14. The van der Waals surface area contributed by atoms with Crippen LogP contribution in [0.2, 0.25) is 0 Å². The van der Waals surface area contributed by atoms with Gasteiger partial charge < -0.3 is 47.8 Å². The van der Waals surface area contributed by atoms with Crippen LogP contribution in [0.3, 0.4) is 0 Å². The smallest absolute Gasteiger partial charge is 0.167 e. The zero-order valence-electron chi connectivity index (χ0n) is 24.1. The molecule has 0 fully saturated rings. The van der Waals surface area contributed by atoms with Crippen LogP contribution in [0.25, 0.3) is 0 Å². The zero-order chi connectivity index (χ0) is 29.7. The fourth-order valence-electron chi connectivity index (χ4n) is 4.03. The lowest BCUT2D eigenvalue weighted by molar-refractivity contribution is -0.862. The first-order valence-corrected chi connectivity index (χ1v) is 13.6. The van der Waals surface area contributed by atoms with E-state index >= 15 is 8.78 Å². The molecule has 222 valence electrons. The number of hydrogen-bond donors (Lipinski definition) is 1. The Morgan fingerprint density at radius 1 is 0.952 bits per heavy atom. The minimum Gasteiger partial charge on any atom is -1.00 e. The molecule has 1 atom stereocenters. The molecular weight excluding hydrogens is 676 g/mol. The van der Waals surface area contributed by atoms with Gasteiger partial charge in [0.25, 0.3) is 0 Å². The molecule has 0 aliphatic rings. The van der Waals surface area contributed by atoms with E-state index in [4.69, 9.17) is 9.47 Å². The molecule has 0 saturated heterocycles. The molecular formula is C31H32F3IN4O2S. The molecule has 0 spiro atoms. The standard InChI is InChI=1S/C31H32F3N4O2S.HI/c1-37(23-13-14-26(39-5)27(18-23)40-6)28-19-35-31(36-28)41-30(21-9-11-22(32)12-10-21)29-24(33)16-20(17-25(29)34)8-7-15-38(2,3)4;/h9-14,16-19,30H,15H2,1-6H3,(H,35,36);1H/q+1;/p-1. The van der Waals surface area contributed by atoms with Gasteiger partial charge in [-0.05, 0) is 47.9 Å². The summed E-state index contributed by atoms with van der Waals surface area (Å²) in [5.41, 5.74) is 1.41. The highest BCUT2D eigenvalue weighted by molar-refractivity contribution is 7.99. The topological polar surface area (TPSA) is 50.4 Å². The molecule has 1 heterocycles. The first-order valence-electron chi connectivity index (χ1n) is 12.7. The molecule has 42 heavy (non-hydrogen) atoms. The van der Waals surface area contributed by atoms with Gasteiger partial charge in [-0.2, -0.15) is 0 Å². The predicted molar refractivity (Wildman–Crippen MR) is 156 cm³/mol. The van der Waals surface area contributed by atoms with E-state index in [1.807, 2.05) is 45.2 Å². The zero-order valence-corrected chi connectivity index (χ0v) is 27.1. The number of ether oxygens (including phenoxy) is 2. The summed E-state index contributed by atoms with van der Waals surface area (Å²) in [5.74, 6) is 5.70. The SMILES string of the molecule is COc1ccc(N(C)c2cnc(SC(c3ccc(F)cc3)c3c(F)cc(C#CC[N+](C)(C)C)cc3F)[nH]2)cc1OC.[I-]. The van der Waals surface area contributed by atoms with E-state index in [1.54, 1.807) is 26.5 Å². The van der Waals surface area contributed by atoms with Gasteiger partial charge in [-0.3, -0.25) is 0 Å². The van der Waals surface area contributed by atoms with Gasteiger partial charge in [-0.25, -0.2) is 18.2 Å². The number of anilines is 2. The van der Waals surface area contributed by atoms with E-state index in [1.165, 1.54) is 36.4 Å². The third-order valence-electron chi connectivity index (χ3n) is 6.18. The molecule has 0 bridgehead atoms. The first-order chi connectivity index (χ1) is 19.5. The molecule has 6 nitrogen and oxygen atoms in total. The molecule has 4 rings (SSSR count). The van der Waals surface area contributed by atoms with Gasteiger partial charge in [0, 0.05) is 29.9 Å². The van der Waals surface area contributed by atoms with E-state index in [-0.39, 0.29) is 35.1 Å². The summed E-state index contributed by atoms with van der Waals surface area (Å²) in [6, 6.07) is 13.5. The highest BCUT2D eigenvalue weighted by Crippen LogP contribution is 2.42. The van der Waals surface area contributed by atoms with Gasteiger partial charge in [0.15, 0.2) is 16.7 Å². The summed E-state index contributed by atoms with van der Waals surface area (Å²) in [7, 11) is 10.9. The fourth-order valence-corrected chi connectivity index (χ4v) is 5.16. The molecule has 0 aliphatic carbocycles. The van der Waals surface area contributed by atoms with Crippen LogP contribution in [-0.2, 0) is 0 Å². The summed E-state index contributed by atoms with van der Waals surface area (Å²) in [4.78, 5) is 9.53. The number of halogens is 4. The number of H-pyrrole nitrogens is 1. The van der Waals surface area contributed by atoms with Crippen molar-refractivity contribution in [3.8, 4) is 23.3 Å². The van der Waals surface area contributed by atoms with Crippen LogP contribution < -0.4 is 38.4 Å². The van der Waals surface area contributed by atoms with Crippen molar-refractivity contribution < 1.29 is 51.1 Å². The molecule has 11 heteroatoms. The van der Waals surface area contributed by atoms with Crippen molar-refractivity contribution in [2.24, 2.45) is 0 Å². The highest BCUT2D eigenvalue weighted by Gasteiger charge is 2.26. The van der Waals surface area contributed by atoms with Crippen LogP contribution in [0.15, 0.2) is 66.0 Å². The van der Waals surface area contributed by atoms with Crippen molar-refractivity contribution >= 4 is 23.3 Å². The Bertz CT molecular complexity index is 1560. The Hall–Kier alpha value is -3.34. The Morgan fingerprint density at radius 2 is 1.60 bits per heavy atom. The minimum absolute atomic E-state index is 0. The number of aromatic amines is 1. The number of aromatic nitrogens is 2. The van der Waals surface area contributed by atoms with Crippen molar-refractivity contribution in [2.45, 2.75) is 10.4 Å². The summed E-state index contributed by atoms with van der Waals surface area (Å²) in [5, 5.41) is -0.429. The number of nitrogens with zero attached hydrogens (tertiary/aromatic N) is 3. The molecule has 1 N–H and O–H groups in total. The molecule has 0 radical (unpaired) electrons. The van der Waals surface area contributed by atoms with Crippen LogP contribution in [0.1, 0.15) is 21.9 Å². The molecule has 0 aliphatic heterocycles. The van der Waals surface area contributed by atoms with Crippen molar-refractivity contribution in [1.29, 1.82) is 0 Å². The van der Waals surface area contributed by atoms with Crippen LogP contribution in [-0.4, -0.2) is 63.4 Å². The molecule has 3 aromatic carbocycles. The Morgan fingerprint density at radius 3 is 2.19 bits per heavy atom. The number of nitrogens with one attached hydrogen (secondary N) is 1. The second kappa shape index (κ2) is 14.2. The number of thioether (sulfide) groups is 1. The lowest BCUT2D eigenvalue weighted by atomic mass is 10.0. The molecule has 1 unspecified atom stereocenters.